The van der Waals surface area contributed by atoms with E-state index in [2.05, 4.69) is 14.9 Å². The first-order valence-electron chi connectivity index (χ1n) is 6.35. The fraction of sp³-hybridized carbons (Fsp3) is 0. The van der Waals surface area contributed by atoms with Crippen molar-refractivity contribution in [1.82, 2.24) is 10.2 Å². The van der Waals surface area contributed by atoms with Crippen LogP contribution in [0.5, 0.6) is 0 Å². The zero-order chi connectivity index (χ0) is 16.3. The molecule has 1 aromatic heterocycles. The minimum absolute atomic E-state index is 0.121. The van der Waals surface area contributed by atoms with Gasteiger partial charge >= 0.3 is 0 Å². The quantitative estimate of drug-likeness (QED) is 0.745. The van der Waals surface area contributed by atoms with Crippen molar-refractivity contribution in [1.29, 1.82) is 0 Å². The maximum Gasteiger partial charge on any atom is 0.261 e. The highest BCUT2D eigenvalue weighted by atomic mass is 32.2. The van der Waals surface area contributed by atoms with Crippen molar-refractivity contribution in [2.24, 2.45) is 0 Å². The largest absolute Gasteiger partial charge is 0.280 e. The lowest BCUT2D eigenvalue weighted by molar-refractivity contribution is 0.595. The van der Waals surface area contributed by atoms with Gasteiger partial charge < -0.3 is 0 Å². The molecule has 0 aliphatic carbocycles. The van der Waals surface area contributed by atoms with Crippen LogP contribution in [-0.2, 0) is 10.0 Å². The van der Waals surface area contributed by atoms with Crippen molar-refractivity contribution in [2.75, 3.05) is 4.72 Å². The van der Waals surface area contributed by atoms with Crippen LogP contribution in [0.25, 0.3) is 0 Å². The third kappa shape index (κ3) is 4.06. The number of hydrogen-bond acceptors (Lipinski definition) is 6. The molecule has 0 bridgehead atoms. The van der Waals surface area contributed by atoms with Crippen molar-refractivity contribution < 1.29 is 12.8 Å². The number of aromatic nitrogens is 2. The Labute approximate surface area is 140 Å². The van der Waals surface area contributed by atoms with Crippen LogP contribution in [0.4, 0.5) is 10.1 Å². The third-order valence-electron chi connectivity index (χ3n) is 2.76. The normalized spacial score (nSPS) is 11.3. The summed E-state index contributed by atoms with van der Waals surface area (Å²) in [6, 6.07) is 11.7. The van der Waals surface area contributed by atoms with Gasteiger partial charge in [0.05, 0.1) is 4.90 Å². The number of sulfonamides is 1. The molecule has 0 radical (unpaired) electrons. The summed E-state index contributed by atoms with van der Waals surface area (Å²) >= 11 is 2.86. The molecule has 0 saturated carbocycles. The average Bonchev–Trinajstić information content (AvgIpc) is 3.02. The SMILES string of the molecule is O=S(=O)(Nc1ccc(Sc2nncs2)cc1)c1cccc(F)c1. The Morgan fingerprint density at radius 2 is 1.91 bits per heavy atom. The van der Waals surface area contributed by atoms with E-state index in [4.69, 9.17) is 0 Å². The van der Waals surface area contributed by atoms with E-state index >= 15 is 0 Å². The summed E-state index contributed by atoms with van der Waals surface area (Å²) in [4.78, 5) is 0.792. The van der Waals surface area contributed by atoms with Gasteiger partial charge in [0.15, 0.2) is 4.34 Å². The smallest absolute Gasteiger partial charge is 0.261 e. The topological polar surface area (TPSA) is 72.0 Å². The van der Waals surface area contributed by atoms with Crippen molar-refractivity contribution in [3.8, 4) is 0 Å². The standard InChI is InChI=1S/C14H10FN3O2S3/c15-10-2-1-3-13(8-10)23(19,20)18-11-4-6-12(7-5-11)22-14-17-16-9-21-14/h1-9,18H. The lowest BCUT2D eigenvalue weighted by atomic mass is 10.3. The van der Waals surface area contributed by atoms with Gasteiger partial charge in [0.2, 0.25) is 0 Å². The van der Waals surface area contributed by atoms with Crippen molar-refractivity contribution in [3.05, 3.63) is 59.9 Å². The van der Waals surface area contributed by atoms with Gasteiger partial charge in [0.1, 0.15) is 11.3 Å². The lowest BCUT2D eigenvalue weighted by Gasteiger charge is -2.08. The zero-order valence-electron chi connectivity index (χ0n) is 11.5. The summed E-state index contributed by atoms with van der Waals surface area (Å²) < 4.78 is 40.8. The molecule has 2 aromatic carbocycles. The maximum atomic E-state index is 13.2. The predicted molar refractivity (Wildman–Crippen MR) is 87.7 cm³/mol. The van der Waals surface area contributed by atoms with E-state index in [0.29, 0.717) is 5.69 Å². The summed E-state index contributed by atoms with van der Waals surface area (Å²) in [5.74, 6) is -0.600. The van der Waals surface area contributed by atoms with E-state index in [-0.39, 0.29) is 4.90 Å². The molecule has 9 heteroatoms. The minimum atomic E-state index is -3.82. The Morgan fingerprint density at radius 1 is 1.13 bits per heavy atom. The van der Waals surface area contributed by atoms with Crippen molar-refractivity contribution >= 4 is 38.8 Å². The fourth-order valence-electron chi connectivity index (χ4n) is 1.75. The summed E-state index contributed by atoms with van der Waals surface area (Å²) in [7, 11) is -3.82. The van der Waals surface area contributed by atoms with Gasteiger partial charge in [-0.15, -0.1) is 10.2 Å². The first-order valence-corrected chi connectivity index (χ1v) is 9.53. The van der Waals surface area contributed by atoms with Crippen LogP contribution < -0.4 is 4.72 Å². The first-order chi connectivity index (χ1) is 11.0. The average molecular weight is 367 g/mol. The molecule has 5 nitrogen and oxygen atoms in total. The van der Waals surface area contributed by atoms with Crippen LogP contribution in [0, 0.1) is 5.82 Å². The van der Waals surface area contributed by atoms with Crippen LogP contribution in [-0.4, -0.2) is 18.6 Å². The number of hydrogen-bond donors (Lipinski definition) is 1. The van der Waals surface area contributed by atoms with Gasteiger partial charge in [-0.3, -0.25) is 4.72 Å². The van der Waals surface area contributed by atoms with Crippen molar-refractivity contribution in [2.45, 2.75) is 14.1 Å². The molecule has 0 spiro atoms. The number of benzene rings is 2. The van der Waals surface area contributed by atoms with Gasteiger partial charge in [-0.25, -0.2) is 12.8 Å². The molecule has 0 atom stereocenters. The van der Waals surface area contributed by atoms with Gasteiger partial charge in [-0.05, 0) is 42.5 Å². The van der Waals surface area contributed by atoms with Gasteiger partial charge in [-0.2, -0.15) is 0 Å². The molecule has 0 saturated heterocycles. The number of nitrogens with zero attached hydrogens (tertiary/aromatic N) is 2. The van der Waals surface area contributed by atoms with Crippen LogP contribution in [0.3, 0.4) is 0 Å². The second-order valence-corrected chi connectivity index (χ2v) is 8.23. The Bertz CT molecular complexity index is 897. The maximum absolute atomic E-state index is 13.2. The van der Waals surface area contributed by atoms with E-state index in [9.17, 15) is 12.8 Å². The van der Waals surface area contributed by atoms with Gasteiger partial charge in [0, 0.05) is 10.6 Å². The van der Waals surface area contributed by atoms with E-state index in [0.717, 1.165) is 15.3 Å². The summed E-state index contributed by atoms with van der Waals surface area (Å²) in [5.41, 5.74) is 2.04. The van der Waals surface area contributed by atoms with Crippen LogP contribution in [0.1, 0.15) is 0 Å². The van der Waals surface area contributed by atoms with Gasteiger partial charge in [-0.1, -0.05) is 29.2 Å². The molecule has 0 unspecified atom stereocenters. The second kappa shape index (κ2) is 6.65. The molecule has 0 aliphatic rings. The van der Waals surface area contributed by atoms with Crippen molar-refractivity contribution in [3.63, 3.8) is 0 Å². The van der Waals surface area contributed by atoms with E-state index in [1.807, 2.05) is 0 Å². The highest BCUT2D eigenvalue weighted by Gasteiger charge is 2.14. The minimum Gasteiger partial charge on any atom is -0.280 e. The van der Waals surface area contributed by atoms with Crippen LogP contribution >= 0.6 is 23.1 Å². The molecule has 3 aromatic rings. The molecule has 1 heterocycles. The molecule has 23 heavy (non-hydrogen) atoms. The third-order valence-corrected chi connectivity index (χ3v) is 5.92. The molecule has 0 fully saturated rings. The van der Waals surface area contributed by atoms with E-state index in [1.54, 1.807) is 29.8 Å². The van der Waals surface area contributed by atoms with E-state index in [1.165, 1.54) is 41.3 Å². The summed E-state index contributed by atoms with van der Waals surface area (Å²) in [6.45, 7) is 0. The number of anilines is 1. The number of nitrogens with one attached hydrogen (secondary N) is 1. The summed E-state index contributed by atoms with van der Waals surface area (Å²) in [5, 5.41) is 7.68. The molecule has 3 rings (SSSR count). The Balaban J connectivity index is 1.75. The molecular weight excluding hydrogens is 357 g/mol. The van der Waals surface area contributed by atoms with Gasteiger partial charge in [0.25, 0.3) is 10.0 Å². The Hall–Kier alpha value is -1.97. The zero-order valence-corrected chi connectivity index (χ0v) is 14.0. The summed E-state index contributed by atoms with van der Waals surface area (Å²) in [6.07, 6.45) is 0. The van der Waals surface area contributed by atoms with E-state index < -0.39 is 15.8 Å². The molecule has 0 amide bonds. The highest BCUT2D eigenvalue weighted by molar-refractivity contribution is 8.01. The number of halogens is 1. The highest BCUT2D eigenvalue weighted by Crippen LogP contribution is 2.29. The molecule has 0 aliphatic heterocycles. The Kier molecular flexibility index (Phi) is 4.60. The second-order valence-electron chi connectivity index (χ2n) is 4.39. The predicted octanol–water partition coefficient (Wildman–Crippen LogP) is 3.63. The first kappa shape index (κ1) is 15.9. The van der Waals surface area contributed by atoms with Crippen LogP contribution in [0.2, 0.25) is 0 Å². The molecule has 1 N–H and O–H groups in total. The van der Waals surface area contributed by atoms with Crippen LogP contribution in [0.15, 0.2) is 68.2 Å². The molecular formula is C14H10FN3O2S3. The lowest BCUT2D eigenvalue weighted by Crippen LogP contribution is -2.13. The number of rotatable bonds is 5. The monoisotopic (exact) mass is 367 g/mol. The fourth-order valence-corrected chi connectivity index (χ4v) is 4.29. The molecule has 118 valence electrons. The Morgan fingerprint density at radius 3 is 2.57 bits per heavy atom.